The van der Waals surface area contributed by atoms with Gasteiger partial charge in [0.25, 0.3) is 0 Å². The summed E-state index contributed by atoms with van der Waals surface area (Å²) < 4.78 is 0. The van der Waals surface area contributed by atoms with Crippen molar-refractivity contribution >= 4 is 5.69 Å². The second kappa shape index (κ2) is 4.84. The number of rotatable bonds is 2. The van der Waals surface area contributed by atoms with Crippen molar-refractivity contribution in [3.05, 3.63) is 29.8 Å². The first-order valence-electron chi connectivity index (χ1n) is 5.65. The van der Waals surface area contributed by atoms with Gasteiger partial charge in [0.1, 0.15) is 0 Å². The SMILES string of the molecule is N#CNc1ccc(C2CCCCC2)cc1. The molecule has 1 fully saturated rings. The van der Waals surface area contributed by atoms with Crippen LogP contribution in [0.15, 0.2) is 24.3 Å². The first kappa shape index (κ1) is 10.0. The van der Waals surface area contributed by atoms with Crippen molar-refractivity contribution in [2.45, 2.75) is 38.0 Å². The maximum atomic E-state index is 8.48. The van der Waals surface area contributed by atoms with Crippen LogP contribution in [0.2, 0.25) is 0 Å². The number of hydrogen-bond donors (Lipinski definition) is 1. The predicted octanol–water partition coefficient (Wildman–Crippen LogP) is 3.63. The predicted molar refractivity (Wildman–Crippen MR) is 61.5 cm³/mol. The summed E-state index contributed by atoms with van der Waals surface area (Å²) in [4.78, 5) is 0. The molecule has 15 heavy (non-hydrogen) atoms. The topological polar surface area (TPSA) is 35.8 Å². The average Bonchev–Trinajstić information content (AvgIpc) is 2.32. The van der Waals surface area contributed by atoms with Gasteiger partial charge >= 0.3 is 0 Å². The minimum Gasteiger partial charge on any atom is -0.293 e. The van der Waals surface area contributed by atoms with E-state index >= 15 is 0 Å². The van der Waals surface area contributed by atoms with Gasteiger partial charge in [-0.15, -0.1) is 0 Å². The van der Waals surface area contributed by atoms with Gasteiger partial charge in [-0.05, 0) is 36.5 Å². The molecular formula is C13H16N2. The fourth-order valence-electron chi connectivity index (χ4n) is 2.34. The molecule has 0 bridgehead atoms. The molecule has 2 nitrogen and oxygen atoms in total. The minimum atomic E-state index is 0.745. The smallest absolute Gasteiger partial charge is 0.181 e. The molecule has 1 aromatic carbocycles. The van der Waals surface area contributed by atoms with E-state index in [9.17, 15) is 0 Å². The van der Waals surface area contributed by atoms with Crippen molar-refractivity contribution in [1.82, 2.24) is 0 Å². The van der Waals surface area contributed by atoms with Gasteiger partial charge in [-0.2, -0.15) is 5.26 Å². The first-order chi connectivity index (χ1) is 7.40. The molecule has 1 N–H and O–H groups in total. The lowest BCUT2D eigenvalue weighted by Gasteiger charge is -2.21. The zero-order valence-corrected chi connectivity index (χ0v) is 8.87. The third-order valence-corrected chi connectivity index (χ3v) is 3.19. The molecule has 78 valence electrons. The van der Waals surface area contributed by atoms with Gasteiger partial charge in [0.05, 0.1) is 0 Å². The van der Waals surface area contributed by atoms with Crippen molar-refractivity contribution in [2.75, 3.05) is 5.32 Å². The van der Waals surface area contributed by atoms with Gasteiger partial charge in [-0.3, -0.25) is 5.32 Å². The van der Waals surface area contributed by atoms with E-state index in [2.05, 4.69) is 17.4 Å². The third kappa shape index (κ3) is 2.50. The standard InChI is InChI=1S/C13H16N2/c14-10-15-13-8-6-12(7-9-13)11-4-2-1-3-5-11/h6-9,11,15H,1-5H2. The molecule has 1 aliphatic rings. The Labute approximate surface area is 90.9 Å². The lowest BCUT2D eigenvalue weighted by atomic mass is 9.84. The van der Waals surface area contributed by atoms with Crippen molar-refractivity contribution in [3.63, 3.8) is 0 Å². The van der Waals surface area contributed by atoms with E-state index in [-0.39, 0.29) is 0 Å². The number of hydrogen-bond acceptors (Lipinski definition) is 2. The fraction of sp³-hybridized carbons (Fsp3) is 0.462. The Hall–Kier alpha value is -1.49. The molecule has 0 amide bonds. The number of nitriles is 1. The van der Waals surface area contributed by atoms with Gasteiger partial charge in [0, 0.05) is 5.69 Å². The van der Waals surface area contributed by atoms with Gasteiger partial charge in [-0.1, -0.05) is 31.4 Å². The molecule has 0 heterocycles. The van der Waals surface area contributed by atoms with Gasteiger partial charge in [-0.25, -0.2) is 0 Å². The molecule has 0 aromatic heterocycles. The molecule has 0 spiro atoms. The summed E-state index contributed by atoms with van der Waals surface area (Å²) in [7, 11) is 0. The Kier molecular flexibility index (Phi) is 3.24. The summed E-state index contributed by atoms with van der Waals surface area (Å²) in [5, 5.41) is 11.1. The lowest BCUT2D eigenvalue weighted by molar-refractivity contribution is 0.443. The summed E-state index contributed by atoms with van der Waals surface area (Å²) in [6.07, 6.45) is 8.70. The van der Waals surface area contributed by atoms with Gasteiger partial charge in [0.15, 0.2) is 6.19 Å². The molecule has 1 aromatic rings. The van der Waals surface area contributed by atoms with Crippen LogP contribution in [0, 0.1) is 11.5 Å². The normalized spacial score (nSPS) is 17.0. The summed E-state index contributed by atoms with van der Waals surface area (Å²) in [5.74, 6) is 0.745. The van der Waals surface area contributed by atoms with E-state index in [1.54, 1.807) is 0 Å². The zero-order chi connectivity index (χ0) is 10.5. The Morgan fingerprint density at radius 3 is 2.33 bits per heavy atom. The molecule has 0 saturated heterocycles. The van der Waals surface area contributed by atoms with Crippen LogP contribution in [-0.4, -0.2) is 0 Å². The summed E-state index contributed by atoms with van der Waals surface area (Å²) in [6, 6.07) is 8.28. The van der Waals surface area contributed by atoms with Gasteiger partial charge < -0.3 is 0 Å². The quantitative estimate of drug-likeness (QED) is 0.584. The third-order valence-electron chi connectivity index (χ3n) is 3.19. The van der Waals surface area contributed by atoms with Crippen molar-refractivity contribution in [2.24, 2.45) is 0 Å². The highest BCUT2D eigenvalue weighted by Crippen LogP contribution is 2.32. The fourth-order valence-corrected chi connectivity index (χ4v) is 2.34. The van der Waals surface area contributed by atoms with Crippen LogP contribution in [-0.2, 0) is 0 Å². The molecule has 2 rings (SSSR count). The van der Waals surface area contributed by atoms with Crippen LogP contribution in [0.25, 0.3) is 0 Å². The van der Waals surface area contributed by atoms with Gasteiger partial charge in [0.2, 0.25) is 0 Å². The number of nitrogens with one attached hydrogen (secondary N) is 1. The molecule has 2 heteroatoms. The molecular weight excluding hydrogens is 184 g/mol. The Morgan fingerprint density at radius 2 is 1.73 bits per heavy atom. The van der Waals surface area contributed by atoms with E-state index in [0.29, 0.717) is 0 Å². The number of anilines is 1. The average molecular weight is 200 g/mol. The Balaban J connectivity index is 2.05. The minimum absolute atomic E-state index is 0.745. The van der Waals surface area contributed by atoms with Crippen LogP contribution in [0.4, 0.5) is 5.69 Å². The van der Waals surface area contributed by atoms with Crippen LogP contribution >= 0.6 is 0 Å². The van der Waals surface area contributed by atoms with E-state index in [1.807, 2.05) is 18.3 Å². The first-order valence-corrected chi connectivity index (χ1v) is 5.65. The second-order valence-electron chi connectivity index (χ2n) is 4.19. The van der Waals surface area contributed by atoms with Crippen molar-refractivity contribution in [3.8, 4) is 6.19 Å². The second-order valence-corrected chi connectivity index (χ2v) is 4.19. The number of benzene rings is 1. The maximum absolute atomic E-state index is 8.48. The van der Waals surface area contributed by atoms with E-state index in [0.717, 1.165) is 11.6 Å². The van der Waals surface area contributed by atoms with E-state index in [4.69, 9.17) is 5.26 Å². The van der Waals surface area contributed by atoms with Crippen molar-refractivity contribution in [1.29, 1.82) is 5.26 Å². The highest BCUT2D eigenvalue weighted by molar-refractivity contribution is 5.48. The molecule has 0 atom stereocenters. The van der Waals surface area contributed by atoms with E-state index in [1.165, 1.54) is 37.7 Å². The molecule has 0 unspecified atom stereocenters. The Morgan fingerprint density at radius 1 is 1.07 bits per heavy atom. The molecule has 0 aliphatic heterocycles. The summed E-state index contributed by atoms with van der Waals surface area (Å²) >= 11 is 0. The summed E-state index contributed by atoms with van der Waals surface area (Å²) in [5.41, 5.74) is 2.32. The summed E-state index contributed by atoms with van der Waals surface area (Å²) in [6.45, 7) is 0. The van der Waals surface area contributed by atoms with Crippen LogP contribution in [0.5, 0.6) is 0 Å². The molecule has 1 saturated carbocycles. The van der Waals surface area contributed by atoms with E-state index < -0.39 is 0 Å². The highest BCUT2D eigenvalue weighted by Gasteiger charge is 2.14. The lowest BCUT2D eigenvalue weighted by Crippen LogP contribution is -2.04. The number of nitrogens with zero attached hydrogens (tertiary/aromatic N) is 1. The van der Waals surface area contributed by atoms with Crippen LogP contribution < -0.4 is 5.32 Å². The zero-order valence-electron chi connectivity index (χ0n) is 8.87. The van der Waals surface area contributed by atoms with Crippen LogP contribution in [0.3, 0.4) is 0 Å². The maximum Gasteiger partial charge on any atom is 0.181 e. The van der Waals surface area contributed by atoms with Crippen LogP contribution in [0.1, 0.15) is 43.6 Å². The monoisotopic (exact) mass is 200 g/mol. The largest absolute Gasteiger partial charge is 0.293 e. The van der Waals surface area contributed by atoms with Crippen molar-refractivity contribution < 1.29 is 0 Å². The molecule has 1 aliphatic carbocycles. The highest BCUT2D eigenvalue weighted by atomic mass is 14.9. The Bertz CT molecular complexity index is 342. The molecule has 0 radical (unpaired) electrons.